The van der Waals surface area contributed by atoms with Crippen molar-refractivity contribution in [2.24, 2.45) is 0 Å². The quantitative estimate of drug-likeness (QED) is 0.0148. The van der Waals surface area contributed by atoms with Crippen LogP contribution in [0.5, 0.6) is 0 Å². The zero-order valence-electron chi connectivity index (χ0n) is 50.5. The van der Waals surface area contributed by atoms with Gasteiger partial charge in [0.15, 0.2) is 69.8 Å². The number of hydrogen-bond donors (Lipinski definition) is 1. The predicted molar refractivity (Wildman–Crippen MR) is 303 cm³/mol. The molecule has 87 heavy (non-hydrogen) atoms. The van der Waals surface area contributed by atoms with Crippen LogP contribution in [0, 0.1) is 116 Å². The summed E-state index contributed by atoms with van der Waals surface area (Å²) in [7, 11) is 2.43. The maximum atomic E-state index is 15.4. The fourth-order valence-electron chi connectivity index (χ4n) is 11.7. The Bertz CT molecular complexity index is 2280. The molecular formula is C65H86BF20N. The van der Waals surface area contributed by atoms with E-state index in [2.05, 4.69) is 20.9 Å². The lowest BCUT2D eigenvalue weighted by Gasteiger charge is -2.44. The molecule has 0 heterocycles. The molecule has 0 fully saturated rings. The third-order valence-electron chi connectivity index (χ3n) is 16.6. The Balaban J connectivity index is 0.000000457. The van der Waals surface area contributed by atoms with E-state index in [1.165, 1.54) is 244 Å². The van der Waals surface area contributed by atoms with Crippen molar-refractivity contribution in [1.29, 1.82) is 0 Å². The summed E-state index contributed by atoms with van der Waals surface area (Å²) in [4.78, 5) is 1.78. The van der Waals surface area contributed by atoms with E-state index in [0.717, 1.165) is 0 Å². The molecule has 0 saturated carbocycles. The highest BCUT2D eigenvalue weighted by Gasteiger charge is 2.52. The highest BCUT2D eigenvalue weighted by molar-refractivity contribution is 7.20. The molecule has 0 aliphatic carbocycles. The van der Waals surface area contributed by atoms with E-state index < -0.39 is 144 Å². The molecule has 4 aromatic rings. The van der Waals surface area contributed by atoms with Gasteiger partial charge in [-0.25, -0.2) is 87.8 Å². The molecule has 0 bridgehead atoms. The summed E-state index contributed by atoms with van der Waals surface area (Å²) in [6.07, 6.45) is 45.8. The van der Waals surface area contributed by atoms with Gasteiger partial charge in [-0.05, 0) is 25.7 Å². The van der Waals surface area contributed by atoms with Gasteiger partial charge in [0.2, 0.25) is 0 Å². The maximum absolute atomic E-state index is 15.4. The van der Waals surface area contributed by atoms with Crippen molar-refractivity contribution in [2.75, 3.05) is 20.1 Å². The monoisotopic (exact) mass is 1270 g/mol. The van der Waals surface area contributed by atoms with Gasteiger partial charge in [-0.3, -0.25) is 0 Å². The molecule has 0 spiro atoms. The Labute approximate surface area is 500 Å². The van der Waals surface area contributed by atoms with Gasteiger partial charge in [0.25, 0.3) is 0 Å². The van der Waals surface area contributed by atoms with E-state index in [1.807, 2.05) is 0 Å². The van der Waals surface area contributed by atoms with E-state index in [4.69, 9.17) is 0 Å². The van der Waals surface area contributed by atoms with Gasteiger partial charge in [0.1, 0.15) is 52.7 Å². The van der Waals surface area contributed by atoms with Crippen molar-refractivity contribution in [3.8, 4) is 0 Å². The zero-order chi connectivity index (χ0) is 64.8. The minimum Gasteiger partial charge on any atom is -0.337 e. The van der Waals surface area contributed by atoms with Crippen LogP contribution < -0.4 is 26.8 Å². The molecule has 1 nitrogen and oxygen atoms in total. The summed E-state index contributed by atoms with van der Waals surface area (Å²) in [6, 6.07) is 0. The number of halogens is 20. The summed E-state index contributed by atoms with van der Waals surface area (Å²) in [5.74, 6) is -71.4. The maximum Gasteiger partial charge on any atom is 0.200 e. The standard InChI is InChI=1S/C41H85N.C24BF20/c1-4-6-8-10-12-14-16-18-20-22-24-26-28-30-32-34-36-38-40-42(3)41-39-37-35-33-31-29-27-25-23-21-19-17-15-13-11-9-7-5-2;26-5-1(6(27)14(35)21(42)13(5)34)25(2-7(28)15(36)22(43)16(37)8(2)29,3-9(30)17(38)23(44)18(39)10(3)31)4-11(32)19(40)24(45)20(41)12(4)33/h4-41H2,1-3H3;/q;-1/p+1. The topological polar surface area (TPSA) is 4.44 Å². The Morgan fingerprint density at radius 1 is 0.184 bits per heavy atom. The summed E-state index contributed by atoms with van der Waals surface area (Å²) >= 11 is 0. The molecule has 22 heteroatoms. The van der Waals surface area contributed by atoms with Gasteiger partial charge >= 0.3 is 0 Å². The molecule has 0 atom stereocenters. The van der Waals surface area contributed by atoms with Gasteiger partial charge in [-0.1, -0.05) is 219 Å². The first-order valence-corrected chi connectivity index (χ1v) is 31.6. The first-order chi connectivity index (χ1) is 41.5. The summed E-state index contributed by atoms with van der Waals surface area (Å²) in [6.45, 7) is 7.42. The van der Waals surface area contributed by atoms with Gasteiger partial charge in [0.05, 0.1) is 20.1 Å². The Morgan fingerprint density at radius 2 is 0.299 bits per heavy atom. The molecular weight excluding hydrogens is 1190 g/mol. The Hall–Kier alpha value is -4.50. The SMILES string of the molecule is CCCCCCCCCCCCCCCCCCCC[NH+](C)CCCCCCCCCCCCCCCCCCCC.Fc1c(F)c(F)c([B-](c2c(F)c(F)c(F)c(F)c2F)(c2c(F)c(F)c(F)c(F)c2F)c2c(F)c(F)c(F)c(F)c2F)c(F)c1F. The highest BCUT2D eigenvalue weighted by atomic mass is 19.2. The fourth-order valence-corrected chi connectivity index (χ4v) is 11.7. The molecule has 4 aromatic carbocycles. The van der Waals surface area contributed by atoms with Crippen molar-refractivity contribution in [3.63, 3.8) is 0 Å². The molecule has 0 saturated heterocycles. The molecule has 0 aliphatic rings. The average molecular weight is 1270 g/mol. The van der Waals surface area contributed by atoms with Crippen molar-refractivity contribution < 1.29 is 92.7 Å². The molecule has 0 amide bonds. The van der Waals surface area contributed by atoms with Crippen LogP contribution in [0.4, 0.5) is 87.8 Å². The lowest BCUT2D eigenvalue weighted by molar-refractivity contribution is -0.880. The lowest BCUT2D eigenvalue weighted by atomic mass is 9.12. The lowest BCUT2D eigenvalue weighted by Crippen LogP contribution is -3.09. The fraction of sp³-hybridized carbons (Fsp3) is 0.631. The number of benzene rings is 4. The molecule has 1 N–H and O–H groups in total. The highest BCUT2D eigenvalue weighted by Crippen LogP contribution is 2.31. The molecule has 0 aromatic heterocycles. The van der Waals surface area contributed by atoms with Gasteiger partial charge in [-0.2, -0.15) is 0 Å². The zero-order valence-corrected chi connectivity index (χ0v) is 50.5. The Morgan fingerprint density at radius 3 is 0.437 bits per heavy atom. The number of quaternary nitrogens is 1. The number of nitrogens with one attached hydrogen (secondary N) is 1. The molecule has 4 rings (SSSR count). The van der Waals surface area contributed by atoms with Crippen LogP contribution in [-0.4, -0.2) is 26.3 Å². The second kappa shape index (κ2) is 40.3. The smallest absolute Gasteiger partial charge is 0.200 e. The second-order valence-corrected chi connectivity index (χ2v) is 23.3. The molecule has 0 radical (unpaired) electrons. The van der Waals surface area contributed by atoms with E-state index in [-0.39, 0.29) is 0 Å². The minimum absolute atomic E-state index is 1.37. The van der Waals surface area contributed by atoms with Crippen LogP contribution >= 0.6 is 0 Å². The molecule has 494 valence electrons. The largest absolute Gasteiger partial charge is 0.337 e. The van der Waals surface area contributed by atoms with Crippen molar-refractivity contribution in [1.82, 2.24) is 0 Å². The van der Waals surface area contributed by atoms with E-state index >= 15 is 35.1 Å². The summed E-state index contributed by atoms with van der Waals surface area (Å²) in [5, 5.41) is 0. The van der Waals surface area contributed by atoms with Crippen molar-refractivity contribution in [2.45, 2.75) is 245 Å². The number of hydrogen-bond acceptors (Lipinski definition) is 0. The van der Waals surface area contributed by atoms with Gasteiger partial charge in [-0.15, -0.1) is 21.9 Å². The second-order valence-electron chi connectivity index (χ2n) is 23.3. The summed E-state index contributed by atoms with van der Waals surface area (Å²) in [5.41, 5.74) is -14.3. The average Bonchev–Trinajstić information content (AvgIpc) is 0.997. The van der Waals surface area contributed by atoms with E-state index in [1.54, 1.807) is 4.90 Å². The van der Waals surface area contributed by atoms with Crippen molar-refractivity contribution >= 4 is 28.0 Å². The number of unbranched alkanes of at least 4 members (excludes halogenated alkanes) is 34. The van der Waals surface area contributed by atoms with E-state index in [0.29, 0.717) is 0 Å². The van der Waals surface area contributed by atoms with E-state index in [9.17, 15) is 52.7 Å². The molecule has 0 unspecified atom stereocenters. The first kappa shape index (κ1) is 76.8. The molecule has 0 aliphatic heterocycles. The van der Waals surface area contributed by atoms with Gasteiger partial charge in [0, 0.05) is 0 Å². The van der Waals surface area contributed by atoms with Crippen LogP contribution in [0.25, 0.3) is 0 Å². The van der Waals surface area contributed by atoms with Gasteiger partial charge < -0.3 is 4.90 Å². The summed E-state index contributed by atoms with van der Waals surface area (Å²) < 4.78 is 294. The van der Waals surface area contributed by atoms with Crippen LogP contribution in [0.3, 0.4) is 0 Å². The van der Waals surface area contributed by atoms with Crippen LogP contribution in [0.2, 0.25) is 0 Å². The minimum atomic E-state index is -7.22. The first-order valence-electron chi connectivity index (χ1n) is 31.6. The number of rotatable bonds is 42. The third kappa shape index (κ3) is 21.3. The third-order valence-corrected chi connectivity index (χ3v) is 16.6. The van der Waals surface area contributed by atoms with Crippen molar-refractivity contribution in [3.05, 3.63) is 116 Å². The predicted octanol–water partition coefficient (Wildman–Crippen LogP) is 19.4. The van der Waals surface area contributed by atoms with Crippen LogP contribution in [-0.2, 0) is 0 Å². The van der Waals surface area contributed by atoms with Crippen LogP contribution in [0.15, 0.2) is 0 Å². The van der Waals surface area contributed by atoms with Crippen LogP contribution in [0.1, 0.15) is 245 Å². The Kier molecular flexibility index (Phi) is 35.5. The normalized spacial score (nSPS) is 11.9.